The van der Waals surface area contributed by atoms with Crippen molar-refractivity contribution in [2.75, 3.05) is 0 Å². The van der Waals surface area contributed by atoms with Gasteiger partial charge in [0.05, 0.1) is 17.3 Å². The Morgan fingerprint density at radius 2 is 2.04 bits per heavy atom. The van der Waals surface area contributed by atoms with E-state index < -0.39 is 0 Å². The third-order valence-electron chi connectivity index (χ3n) is 4.03. The number of aryl methyl sites for hydroxylation is 1. The molecule has 0 aliphatic carbocycles. The van der Waals surface area contributed by atoms with Gasteiger partial charge in [0, 0.05) is 22.8 Å². The molecule has 0 atom stereocenters. The van der Waals surface area contributed by atoms with E-state index in [1.54, 1.807) is 35.3 Å². The standard InChI is InChI=1S/C19H15ClN6OS/c1-12-16(28-19(23-12)13-5-2-3-6-14(13)20)11-21-18(27)15-7-8-17(25-24-15)26-10-4-9-22-26/h2-10H,11H2,1H3,(H,21,27). The zero-order valence-corrected chi connectivity index (χ0v) is 16.4. The smallest absolute Gasteiger partial charge is 0.272 e. The van der Waals surface area contributed by atoms with Crippen LogP contribution in [-0.2, 0) is 6.54 Å². The Kier molecular flexibility index (Phi) is 5.14. The van der Waals surface area contributed by atoms with Gasteiger partial charge in [-0.05, 0) is 31.2 Å². The highest BCUT2D eigenvalue weighted by molar-refractivity contribution is 7.15. The molecule has 7 nitrogen and oxygen atoms in total. The minimum Gasteiger partial charge on any atom is -0.346 e. The van der Waals surface area contributed by atoms with Crippen molar-refractivity contribution in [3.05, 3.63) is 76.1 Å². The van der Waals surface area contributed by atoms with Crippen LogP contribution in [-0.4, -0.2) is 30.9 Å². The first-order valence-corrected chi connectivity index (χ1v) is 9.64. The summed E-state index contributed by atoms with van der Waals surface area (Å²) in [6, 6.07) is 12.7. The molecular formula is C19H15ClN6OS. The van der Waals surface area contributed by atoms with Crippen LogP contribution in [0.3, 0.4) is 0 Å². The van der Waals surface area contributed by atoms with E-state index in [1.807, 2.05) is 31.2 Å². The number of rotatable bonds is 5. The number of aromatic nitrogens is 5. The highest BCUT2D eigenvalue weighted by atomic mass is 35.5. The maximum Gasteiger partial charge on any atom is 0.272 e. The van der Waals surface area contributed by atoms with E-state index in [1.165, 1.54) is 11.3 Å². The molecule has 3 aromatic heterocycles. The average molecular weight is 411 g/mol. The summed E-state index contributed by atoms with van der Waals surface area (Å²) in [4.78, 5) is 17.9. The van der Waals surface area contributed by atoms with Crippen molar-refractivity contribution < 1.29 is 4.79 Å². The number of nitrogens with one attached hydrogen (secondary N) is 1. The SMILES string of the molecule is Cc1nc(-c2ccccc2Cl)sc1CNC(=O)c1ccc(-n2cccn2)nn1. The van der Waals surface area contributed by atoms with Gasteiger partial charge >= 0.3 is 0 Å². The summed E-state index contributed by atoms with van der Waals surface area (Å²) in [6.07, 6.45) is 3.41. The van der Waals surface area contributed by atoms with Crippen LogP contribution in [0.1, 0.15) is 21.1 Å². The fourth-order valence-corrected chi connectivity index (χ4v) is 3.89. The molecule has 1 N–H and O–H groups in total. The molecule has 0 saturated heterocycles. The molecule has 1 amide bonds. The Hall–Kier alpha value is -3.10. The molecule has 1 aromatic carbocycles. The van der Waals surface area contributed by atoms with E-state index in [0.29, 0.717) is 17.4 Å². The van der Waals surface area contributed by atoms with Crippen LogP contribution >= 0.6 is 22.9 Å². The molecule has 3 heterocycles. The molecule has 0 radical (unpaired) electrons. The van der Waals surface area contributed by atoms with E-state index in [0.717, 1.165) is 21.1 Å². The number of nitrogens with zero attached hydrogens (tertiary/aromatic N) is 5. The van der Waals surface area contributed by atoms with Gasteiger partial charge in [-0.15, -0.1) is 21.5 Å². The molecule has 140 valence electrons. The minimum atomic E-state index is -0.299. The first-order chi connectivity index (χ1) is 13.6. The van der Waals surface area contributed by atoms with Gasteiger partial charge in [0.1, 0.15) is 5.01 Å². The second-order valence-corrected chi connectivity index (χ2v) is 7.41. The monoisotopic (exact) mass is 410 g/mol. The van der Waals surface area contributed by atoms with Crippen LogP contribution in [0.4, 0.5) is 0 Å². The fourth-order valence-electron chi connectivity index (χ4n) is 2.57. The van der Waals surface area contributed by atoms with Crippen molar-refractivity contribution in [1.82, 2.24) is 30.3 Å². The quantitative estimate of drug-likeness (QED) is 0.542. The molecule has 4 rings (SSSR count). The van der Waals surface area contributed by atoms with Gasteiger partial charge in [-0.25, -0.2) is 9.67 Å². The lowest BCUT2D eigenvalue weighted by molar-refractivity contribution is 0.0945. The highest BCUT2D eigenvalue weighted by Gasteiger charge is 2.14. The number of carbonyl (C=O) groups excluding carboxylic acids is 1. The zero-order valence-electron chi connectivity index (χ0n) is 14.8. The Labute approximate surface area is 170 Å². The van der Waals surface area contributed by atoms with Crippen molar-refractivity contribution >= 4 is 28.8 Å². The van der Waals surface area contributed by atoms with Crippen molar-refractivity contribution in [2.24, 2.45) is 0 Å². The minimum absolute atomic E-state index is 0.240. The van der Waals surface area contributed by atoms with Crippen LogP contribution in [0.25, 0.3) is 16.4 Å². The summed E-state index contributed by atoms with van der Waals surface area (Å²) in [7, 11) is 0. The number of thiazole rings is 1. The summed E-state index contributed by atoms with van der Waals surface area (Å²) in [5.41, 5.74) is 1.99. The Bertz CT molecular complexity index is 1110. The fraction of sp³-hybridized carbons (Fsp3) is 0.105. The molecule has 0 aliphatic heterocycles. The maximum atomic E-state index is 12.4. The number of amides is 1. The van der Waals surface area contributed by atoms with E-state index in [2.05, 4.69) is 25.6 Å². The topological polar surface area (TPSA) is 85.6 Å². The molecule has 0 fully saturated rings. The second-order valence-electron chi connectivity index (χ2n) is 5.92. The van der Waals surface area contributed by atoms with E-state index >= 15 is 0 Å². The molecule has 9 heteroatoms. The lowest BCUT2D eigenvalue weighted by Gasteiger charge is -2.04. The van der Waals surface area contributed by atoms with Crippen molar-refractivity contribution in [1.29, 1.82) is 0 Å². The van der Waals surface area contributed by atoms with Crippen LogP contribution < -0.4 is 5.32 Å². The van der Waals surface area contributed by atoms with Crippen LogP contribution in [0.2, 0.25) is 5.02 Å². The maximum absolute atomic E-state index is 12.4. The summed E-state index contributed by atoms with van der Waals surface area (Å²) in [6.45, 7) is 2.27. The van der Waals surface area contributed by atoms with Gasteiger partial charge in [0.2, 0.25) is 0 Å². The van der Waals surface area contributed by atoms with E-state index in [-0.39, 0.29) is 11.6 Å². The Morgan fingerprint density at radius 1 is 1.18 bits per heavy atom. The first kappa shape index (κ1) is 18.3. The van der Waals surface area contributed by atoms with E-state index in [4.69, 9.17) is 11.6 Å². The number of carbonyl (C=O) groups is 1. The van der Waals surface area contributed by atoms with Gasteiger partial charge < -0.3 is 5.32 Å². The lowest BCUT2D eigenvalue weighted by Crippen LogP contribution is -2.24. The second kappa shape index (κ2) is 7.87. The number of benzene rings is 1. The van der Waals surface area contributed by atoms with Gasteiger partial charge in [-0.2, -0.15) is 5.10 Å². The largest absolute Gasteiger partial charge is 0.346 e. The predicted octanol–water partition coefficient (Wildman–Crippen LogP) is 3.68. The van der Waals surface area contributed by atoms with Gasteiger partial charge in [-0.3, -0.25) is 4.79 Å². The van der Waals surface area contributed by atoms with Crippen molar-refractivity contribution in [3.8, 4) is 16.4 Å². The Morgan fingerprint density at radius 3 is 2.75 bits per heavy atom. The molecule has 0 aliphatic rings. The highest BCUT2D eigenvalue weighted by Crippen LogP contribution is 2.32. The van der Waals surface area contributed by atoms with Crippen LogP contribution in [0.15, 0.2) is 54.9 Å². The molecule has 4 aromatic rings. The molecule has 0 spiro atoms. The summed E-state index contributed by atoms with van der Waals surface area (Å²) < 4.78 is 1.58. The predicted molar refractivity (Wildman–Crippen MR) is 108 cm³/mol. The zero-order chi connectivity index (χ0) is 19.5. The van der Waals surface area contributed by atoms with Gasteiger partial charge in [-0.1, -0.05) is 29.8 Å². The number of hydrogen-bond donors (Lipinski definition) is 1. The van der Waals surface area contributed by atoms with Crippen LogP contribution in [0, 0.1) is 6.92 Å². The molecule has 0 bridgehead atoms. The number of hydrogen-bond acceptors (Lipinski definition) is 6. The van der Waals surface area contributed by atoms with Crippen LogP contribution in [0.5, 0.6) is 0 Å². The number of halogens is 1. The summed E-state index contributed by atoms with van der Waals surface area (Å²) in [5, 5.41) is 16.4. The van der Waals surface area contributed by atoms with Crippen molar-refractivity contribution in [3.63, 3.8) is 0 Å². The first-order valence-electron chi connectivity index (χ1n) is 8.45. The van der Waals surface area contributed by atoms with Gasteiger partial charge in [0.15, 0.2) is 11.5 Å². The average Bonchev–Trinajstić information content (AvgIpc) is 3.37. The van der Waals surface area contributed by atoms with Gasteiger partial charge in [0.25, 0.3) is 5.91 Å². The third kappa shape index (κ3) is 3.78. The van der Waals surface area contributed by atoms with Crippen molar-refractivity contribution in [2.45, 2.75) is 13.5 Å². The summed E-state index contributed by atoms with van der Waals surface area (Å²) in [5.74, 6) is 0.246. The molecule has 28 heavy (non-hydrogen) atoms. The molecule has 0 unspecified atom stereocenters. The lowest BCUT2D eigenvalue weighted by atomic mass is 10.2. The summed E-state index contributed by atoms with van der Waals surface area (Å²) >= 11 is 7.76. The molecular weight excluding hydrogens is 396 g/mol. The molecule has 0 saturated carbocycles. The Balaban J connectivity index is 1.44. The third-order valence-corrected chi connectivity index (χ3v) is 5.55. The van der Waals surface area contributed by atoms with E-state index in [9.17, 15) is 4.79 Å². The normalized spacial score (nSPS) is 10.8.